The molecule has 1 unspecified atom stereocenters. The summed E-state index contributed by atoms with van der Waals surface area (Å²) in [5.41, 5.74) is 7.82. The first-order valence-corrected chi connectivity index (χ1v) is 6.85. The van der Waals surface area contributed by atoms with E-state index in [0.29, 0.717) is 21.3 Å². The first-order valence-electron chi connectivity index (χ1n) is 6.09. The topological polar surface area (TPSA) is 55.1 Å². The van der Waals surface area contributed by atoms with E-state index in [1.54, 1.807) is 18.2 Å². The van der Waals surface area contributed by atoms with Gasteiger partial charge in [-0.25, -0.2) is 0 Å². The van der Waals surface area contributed by atoms with E-state index in [-0.39, 0.29) is 11.9 Å². The van der Waals surface area contributed by atoms with E-state index in [4.69, 9.17) is 28.9 Å². The van der Waals surface area contributed by atoms with Crippen LogP contribution >= 0.6 is 23.2 Å². The van der Waals surface area contributed by atoms with Crippen molar-refractivity contribution in [1.82, 2.24) is 0 Å². The average Bonchev–Trinajstić information content (AvgIpc) is 2.38. The SMILES string of the molecule is CC(N)c1cccc(NC(=O)c2ccc(Cl)cc2Cl)c1. The van der Waals surface area contributed by atoms with Crippen LogP contribution in [0.2, 0.25) is 10.0 Å². The molecule has 0 radical (unpaired) electrons. The van der Waals surface area contributed by atoms with Crippen LogP contribution in [0.3, 0.4) is 0 Å². The van der Waals surface area contributed by atoms with Crippen LogP contribution in [-0.4, -0.2) is 5.91 Å². The summed E-state index contributed by atoms with van der Waals surface area (Å²) in [4.78, 5) is 12.2. The third kappa shape index (κ3) is 3.51. The number of anilines is 1. The zero-order chi connectivity index (χ0) is 14.7. The number of nitrogens with two attached hydrogens (primary N) is 1. The number of amides is 1. The number of rotatable bonds is 3. The van der Waals surface area contributed by atoms with Gasteiger partial charge in [0.05, 0.1) is 10.6 Å². The molecule has 2 aromatic carbocycles. The molecule has 0 bridgehead atoms. The van der Waals surface area contributed by atoms with Crippen molar-refractivity contribution in [3.05, 3.63) is 63.6 Å². The number of carbonyl (C=O) groups excluding carboxylic acids is 1. The van der Waals surface area contributed by atoms with Gasteiger partial charge in [-0.05, 0) is 42.8 Å². The molecule has 3 nitrogen and oxygen atoms in total. The lowest BCUT2D eigenvalue weighted by Crippen LogP contribution is -2.13. The van der Waals surface area contributed by atoms with E-state index in [9.17, 15) is 4.79 Å². The number of carbonyl (C=O) groups is 1. The Hall–Kier alpha value is -1.55. The van der Waals surface area contributed by atoms with Gasteiger partial charge in [-0.2, -0.15) is 0 Å². The highest BCUT2D eigenvalue weighted by Gasteiger charge is 2.11. The van der Waals surface area contributed by atoms with Gasteiger partial charge in [0.15, 0.2) is 0 Å². The maximum atomic E-state index is 12.2. The fourth-order valence-corrected chi connectivity index (χ4v) is 2.27. The van der Waals surface area contributed by atoms with Crippen molar-refractivity contribution in [1.29, 1.82) is 0 Å². The quantitative estimate of drug-likeness (QED) is 0.890. The highest BCUT2D eigenvalue weighted by Crippen LogP contribution is 2.22. The zero-order valence-corrected chi connectivity index (χ0v) is 12.4. The largest absolute Gasteiger partial charge is 0.324 e. The van der Waals surface area contributed by atoms with E-state index in [2.05, 4.69) is 5.32 Å². The van der Waals surface area contributed by atoms with Crippen LogP contribution < -0.4 is 11.1 Å². The molecular weight excluding hydrogens is 295 g/mol. The van der Waals surface area contributed by atoms with E-state index in [0.717, 1.165) is 5.56 Å². The third-order valence-corrected chi connectivity index (χ3v) is 3.39. The minimum atomic E-state index is -0.284. The summed E-state index contributed by atoms with van der Waals surface area (Å²) in [6, 6.07) is 12.1. The highest BCUT2D eigenvalue weighted by molar-refractivity contribution is 6.37. The molecule has 0 aliphatic rings. The van der Waals surface area contributed by atoms with E-state index in [1.165, 1.54) is 6.07 Å². The molecule has 0 aromatic heterocycles. The highest BCUT2D eigenvalue weighted by atomic mass is 35.5. The summed E-state index contributed by atoms with van der Waals surface area (Å²) >= 11 is 11.8. The Morgan fingerprint density at radius 2 is 1.95 bits per heavy atom. The first kappa shape index (κ1) is 14.9. The molecule has 1 atom stereocenters. The Kier molecular flexibility index (Phi) is 4.65. The second kappa shape index (κ2) is 6.27. The second-order valence-corrected chi connectivity index (χ2v) is 5.34. The van der Waals surface area contributed by atoms with Crippen molar-refractivity contribution in [2.45, 2.75) is 13.0 Å². The summed E-state index contributed by atoms with van der Waals surface area (Å²) in [7, 11) is 0. The third-order valence-electron chi connectivity index (χ3n) is 2.85. The normalized spacial score (nSPS) is 12.0. The van der Waals surface area contributed by atoms with Gasteiger partial charge in [0.25, 0.3) is 5.91 Å². The van der Waals surface area contributed by atoms with Crippen molar-refractivity contribution in [2.24, 2.45) is 5.73 Å². The van der Waals surface area contributed by atoms with E-state index in [1.807, 2.05) is 25.1 Å². The molecular formula is C15H14Cl2N2O. The van der Waals surface area contributed by atoms with E-state index < -0.39 is 0 Å². The predicted molar refractivity (Wildman–Crippen MR) is 83.5 cm³/mol. The maximum Gasteiger partial charge on any atom is 0.257 e. The lowest BCUT2D eigenvalue weighted by molar-refractivity contribution is 0.102. The number of hydrogen-bond donors (Lipinski definition) is 2. The fraction of sp³-hybridized carbons (Fsp3) is 0.133. The molecule has 0 aliphatic carbocycles. The van der Waals surface area contributed by atoms with Gasteiger partial charge in [-0.3, -0.25) is 4.79 Å². The van der Waals surface area contributed by atoms with Gasteiger partial charge in [0.1, 0.15) is 0 Å². The van der Waals surface area contributed by atoms with Crippen LogP contribution in [0, 0.1) is 0 Å². The summed E-state index contributed by atoms with van der Waals surface area (Å²) in [5.74, 6) is -0.284. The van der Waals surface area contributed by atoms with Crippen molar-refractivity contribution in [3.8, 4) is 0 Å². The minimum absolute atomic E-state index is 0.0917. The number of benzene rings is 2. The van der Waals surface area contributed by atoms with Crippen molar-refractivity contribution in [2.75, 3.05) is 5.32 Å². The van der Waals surface area contributed by atoms with Crippen molar-refractivity contribution < 1.29 is 4.79 Å². The fourth-order valence-electron chi connectivity index (χ4n) is 1.77. The van der Waals surface area contributed by atoms with Gasteiger partial charge in [0, 0.05) is 16.8 Å². The Labute approximate surface area is 127 Å². The Balaban J connectivity index is 2.21. The standard InChI is InChI=1S/C15H14Cl2N2O/c1-9(18)10-3-2-4-12(7-10)19-15(20)13-6-5-11(16)8-14(13)17/h2-9H,18H2,1H3,(H,19,20). The number of hydrogen-bond acceptors (Lipinski definition) is 2. The van der Waals surface area contributed by atoms with E-state index >= 15 is 0 Å². The van der Waals surface area contributed by atoms with Crippen LogP contribution in [-0.2, 0) is 0 Å². The molecule has 0 fully saturated rings. The average molecular weight is 309 g/mol. The molecule has 0 spiro atoms. The molecule has 20 heavy (non-hydrogen) atoms. The molecule has 1 amide bonds. The first-order chi connectivity index (χ1) is 9.47. The van der Waals surface area contributed by atoms with Crippen LogP contribution in [0.5, 0.6) is 0 Å². The van der Waals surface area contributed by atoms with Crippen molar-refractivity contribution in [3.63, 3.8) is 0 Å². The Morgan fingerprint density at radius 1 is 1.20 bits per heavy atom. The minimum Gasteiger partial charge on any atom is -0.324 e. The second-order valence-electron chi connectivity index (χ2n) is 4.49. The number of halogens is 2. The Bertz CT molecular complexity index is 642. The van der Waals surface area contributed by atoms with Gasteiger partial charge in [-0.15, -0.1) is 0 Å². The molecule has 0 saturated carbocycles. The molecule has 5 heteroatoms. The molecule has 104 valence electrons. The molecule has 0 aliphatic heterocycles. The van der Waals surface area contributed by atoms with Gasteiger partial charge in [0.2, 0.25) is 0 Å². The summed E-state index contributed by atoms with van der Waals surface area (Å²) < 4.78 is 0. The molecule has 2 aromatic rings. The van der Waals surface area contributed by atoms with Gasteiger partial charge >= 0.3 is 0 Å². The molecule has 2 rings (SSSR count). The molecule has 0 heterocycles. The zero-order valence-electron chi connectivity index (χ0n) is 10.9. The lowest BCUT2D eigenvalue weighted by Gasteiger charge is -2.10. The maximum absolute atomic E-state index is 12.2. The van der Waals surface area contributed by atoms with Crippen LogP contribution in [0.25, 0.3) is 0 Å². The predicted octanol–water partition coefficient (Wildman–Crippen LogP) is 4.27. The van der Waals surface area contributed by atoms with Gasteiger partial charge < -0.3 is 11.1 Å². The van der Waals surface area contributed by atoms with Gasteiger partial charge in [-0.1, -0.05) is 35.3 Å². The molecule has 3 N–H and O–H groups in total. The van der Waals surface area contributed by atoms with Crippen LogP contribution in [0.4, 0.5) is 5.69 Å². The Morgan fingerprint density at radius 3 is 2.60 bits per heavy atom. The van der Waals surface area contributed by atoms with Crippen LogP contribution in [0.1, 0.15) is 28.9 Å². The summed E-state index contributed by atoms with van der Waals surface area (Å²) in [6.45, 7) is 1.89. The lowest BCUT2D eigenvalue weighted by atomic mass is 10.1. The van der Waals surface area contributed by atoms with Crippen LogP contribution in [0.15, 0.2) is 42.5 Å². The van der Waals surface area contributed by atoms with Crippen molar-refractivity contribution >= 4 is 34.8 Å². The number of nitrogens with one attached hydrogen (secondary N) is 1. The molecule has 0 saturated heterocycles. The monoisotopic (exact) mass is 308 g/mol. The summed E-state index contributed by atoms with van der Waals surface area (Å²) in [6.07, 6.45) is 0. The smallest absolute Gasteiger partial charge is 0.257 e. The summed E-state index contributed by atoms with van der Waals surface area (Å²) in [5, 5.41) is 3.60.